The zero-order valence-electron chi connectivity index (χ0n) is 4.99. The van der Waals surface area contributed by atoms with E-state index in [1.54, 1.807) is 0 Å². The molecule has 9 heavy (non-hydrogen) atoms. The van der Waals surface area contributed by atoms with Crippen molar-refractivity contribution in [1.29, 1.82) is 0 Å². The van der Waals surface area contributed by atoms with Gasteiger partial charge in [-0.05, 0) is 0 Å². The summed E-state index contributed by atoms with van der Waals surface area (Å²) in [6, 6.07) is 12.5. The van der Waals surface area contributed by atoms with Crippen LogP contribution in [0, 0.1) is 13.1 Å². The molecule has 0 heterocycles. The largest absolute Gasteiger partial charge is 2.00 e. The molecule has 1 aromatic carbocycles. The van der Waals surface area contributed by atoms with E-state index in [1.807, 2.05) is 30.3 Å². The number of nitrogens with two attached hydrogens (primary N) is 1. The molecule has 0 saturated carbocycles. The number of hydrogen-bond donors (Lipinski definition) is 1. The topological polar surface area (TPSA) is 26.0 Å². The van der Waals surface area contributed by atoms with Gasteiger partial charge in [-0.15, -0.1) is 0 Å². The van der Waals surface area contributed by atoms with Crippen molar-refractivity contribution < 1.29 is 20.4 Å². The molecule has 0 aliphatic carbocycles. The molecule has 0 aliphatic rings. The first-order valence-corrected chi connectivity index (χ1v) is 2.32. The Morgan fingerprint density at radius 3 is 1.56 bits per heavy atom. The van der Waals surface area contributed by atoms with Crippen molar-refractivity contribution in [2.45, 2.75) is 0 Å². The van der Waals surface area contributed by atoms with E-state index in [2.05, 4.69) is 18.8 Å². The summed E-state index contributed by atoms with van der Waals surface area (Å²) in [5, 5.41) is 0. The summed E-state index contributed by atoms with van der Waals surface area (Å²) < 4.78 is 0. The van der Waals surface area contributed by atoms with Crippen LogP contribution in [0.1, 0.15) is 0 Å². The molecule has 0 spiro atoms. The standard InChI is InChI=1S/C6H5.CH4N.Pd/c1-2-4-6-5-3-1;1-2;/h1-5H;1-2H2;/q2*-1;+2. The molecule has 52 valence electrons. The Kier molecular flexibility index (Phi) is 13.9. The van der Waals surface area contributed by atoms with Crippen LogP contribution in [0.5, 0.6) is 0 Å². The average Bonchev–Trinajstić information content (AvgIpc) is 1.96. The van der Waals surface area contributed by atoms with E-state index in [0.717, 1.165) is 0 Å². The van der Waals surface area contributed by atoms with Crippen LogP contribution in [0.3, 0.4) is 0 Å². The molecule has 0 amide bonds. The van der Waals surface area contributed by atoms with Crippen LogP contribution in [0.25, 0.3) is 0 Å². The molecule has 0 bridgehead atoms. The molecule has 0 radical (unpaired) electrons. The van der Waals surface area contributed by atoms with Crippen molar-refractivity contribution in [3.05, 3.63) is 43.4 Å². The SMILES string of the molecule is [CH2-]N.[Pd+2].[c-]1ccccc1. The summed E-state index contributed by atoms with van der Waals surface area (Å²) in [6.45, 7) is 0. The first kappa shape index (κ1) is 11.6. The second-order valence-electron chi connectivity index (χ2n) is 1.08. The Balaban J connectivity index is 0. The monoisotopic (exact) mass is 213 g/mol. The molecular formula is C7H9NPd. The summed E-state index contributed by atoms with van der Waals surface area (Å²) >= 11 is 0. The molecule has 0 unspecified atom stereocenters. The fourth-order valence-corrected chi connectivity index (χ4v) is 0.342. The third-order valence-electron chi connectivity index (χ3n) is 0.607. The average molecular weight is 214 g/mol. The van der Waals surface area contributed by atoms with Crippen LogP contribution in [0.2, 0.25) is 0 Å². The normalized spacial score (nSPS) is 6.00. The van der Waals surface area contributed by atoms with Gasteiger partial charge in [0.1, 0.15) is 0 Å². The Morgan fingerprint density at radius 1 is 1.00 bits per heavy atom. The van der Waals surface area contributed by atoms with E-state index in [9.17, 15) is 0 Å². The second-order valence-corrected chi connectivity index (χ2v) is 1.08. The minimum Gasteiger partial charge on any atom is -0.486 e. The van der Waals surface area contributed by atoms with Gasteiger partial charge in [0.25, 0.3) is 0 Å². The molecular weight excluding hydrogens is 205 g/mol. The zero-order chi connectivity index (χ0) is 6.24. The molecule has 1 rings (SSSR count). The number of hydrogen-bond acceptors (Lipinski definition) is 1. The van der Waals surface area contributed by atoms with Crippen molar-refractivity contribution in [1.82, 2.24) is 0 Å². The molecule has 1 aromatic rings. The summed E-state index contributed by atoms with van der Waals surface area (Å²) in [5.74, 6) is 0. The van der Waals surface area contributed by atoms with Crippen molar-refractivity contribution >= 4 is 0 Å². The van der Waals surface area contributed by atoms with E-state index in [1.165, 1.54) is 0 Å². The van der Waals surface area contributed by atoms with Crippen LogP contribution >= 0.6 is 0 Å². The fourth-order valence-electron chi connectivity index (χ4n) is 0.342. The quantitative estimate of drug-likeness (QED) is 0.509. The van der Waals surface area contributed by atoms with Crippen molar-refractivity contribution in [3.8, 4) is 0 Å². The van der Waals surface area contributed by atoms with Gasteiger partial charge in [-0.25, -0.2) is 0 Å². The van der Waals surface area contributed by atoms with Crippen LogP contribution in [-0.4, -0.2) is 0 Å². The third kappa shape index (κ3) is 7.84. The Labute approximate surface area is 69.9 Å². The smallest absolute Gasteiger partial charge is 0.486 e. The van der Waals surface area contributed by atoms with Crippen molar-refractivity contribution in [3.63, 3.8) is 0 Å². The van der Waals surface area contributed by atoms with Gasteiger partial charge in [-0.3, -0.25) is 7.05 Å². The van der Waals surface area contributed by atoms with Crippen LogP contribution in [0.15, 0.2) is 30.3 Å². The zero-order valence-corrected chi connectivity index (χ0v) is 6.54. The molecule has 2 heteroatoms. The molecule has 0 saturated heterocycles. The van der Waals surface area contributed by atoms with E-state index in [-0.39, 0.29) is 20.4 Å². The second kappa shape index (κ2) is 10.8. The van der Waals surface area contributed by atoms with Gasteiger partial charge in [-0.2, -0.15) is 36.4 Å². The van der Waals surface area contributed by atoms with Gasteiger partial charge in [0, 0.05) is 0 Å². The fraction of sp³-hybridized carbons (Fsp3) is 0. The molecule has 2 N–H and O–H groups in total. The summed E-state index contributed by atoms with van der Waals surface area (Å²) in [6.07, 6.45) is 0. The summed E-state index contributed by atoms with van der Waals surface area (Å²) in [4.78, 5) is 0. The van der Waals surface area contributed by atoms with E-state index in [0.29, 0.717) is 0 Å². The van der Waals surface area contributed by atoms with Crippen molar-refractivity contribution in [2.24, 2.45) is 5.73 Å². The van der Waals surface area contributed by atoms with E-state index in [4.69, 9.17) is 0 Å². The molecule has 1 nitrogen and oxygen atoms in total. The van der Waals surface area contributed by atoms with Gasteiger partial charge < -0.3 is 5.73 Å². The maximum atomic E-state index is 4.25. The van der Waals surface area contributed by atoms with Gasteiger partial charge in [-0.1, -0.05) is 0 Å². The predicted molar refractivity (Wildman–Crippen MR) is 34.8 cm³/mol. The number of rotatable bonds is 0. The Morgan fingerprint density at radius 2 is 1.44 bits per heavy atom. The summed E-state index contributed by atoms with van der Waals surface area (Å²) in [5.41, 5.74) is 4.25. The van der Waals surface area contributed by atoms with Gasteiger partial charge >= 0.3 is 20.4 Å². The minimum atomic E-state index is 0. The van der Waals surface area contributed by atoms with Gasteiger partial charge in [0.05, 0.1) is 0 Å². The third-order valence-corrected chi connectivity index (χ3v) is 0.607. The Bertz CT molecular complexity index is 80.8. The minimum absolute atomic E-state index is 0. The maximum absolute atomic E-state index is 4.25. The van der Waals surface area contributed by atoms with E-state index >= 15 is 0 Å². The number of benzene rings is 1. The molecule has 0 fully saturated rings. The maximum Gasteiger partial charge on any atom is 2.00 e. The van der Waals surface area contributed by atoms with Gasteiger partial charge in [0.2, 0.25) is 0 Å². The first-order valence-electron chi connectivity index (χ1n) is 2.32. The molecule has 0 atom stereocenters. The first-order chi connectivity index (χ1) is 4.00. The van der Waals surface area contributed by atoms with Gasteiger partial charge in [0.15, 0.2) is 0 Å². The van der Waals surface area contributed by atoms with Crippen LogP contribution in [0.4, 0.5) is 0 Å². The molecule has 0 aliphatic heterocycles. The van der Waals surface area contributed by atoms with Crippen molar-refractivity contribution in [2.75, 3.05) is 0 Å². The van der Waals surface area contributed by atoms with E-state index < -0.39 is 0 Å². The Hall–Kier alpha value is -0.158. The van der Waals surface area contributed by atoms with Crippen LogP contribution < -0.4 is 5.73 Å². The predicted octanol–water partition coefficient (Wildman–Crippen LogP) is 1.22. The summed E-state index contributed by atoms with van der Waals surface area (Å²) in [7, 11) is 2.75. The molecule has 0 aromatic heterocycles. The van der Waals surface area contributed by atoms with Crippen LogP contribution in [-0.2, 0) is 20.4 Å².